The van der Waals surface area contributed by atoms with E-state index in [0.717, 1.165) is 0 Å². The highest BCUT2D eigenvalue weighted by atomic mass is 31.1. The molecule has 0 aliphatic carbocycles. The van der Waals surface area contributed by atoms with Crippen LogP contribution in [0.3, 0.4) is 0 Å². The monoisotopic (exact) mass is 185 g/mol. The van der Waals surface area contributed by atoms with E-state index < -0.39 is 8.69 Å². The second kappa shape index (κ2) is 6.77. The van der Waals surface area contributed by atoms with Gasteiger partial charge in [0.1, 0.15) is 0 Å². The quantitative estimate of drug-likeness (QED) is 0.679. The van der Waals surface area contributed by atoms with Crippen LogP contribution in [0.5, 0.6) is 0 Å². The Morgan fingerprint density at radius 1 is 1.25 bits per heavy atom. The van der Waals surface area contributed by atoms with Gasteiger partial charge in [-0.15, -0.1) is 0 Å². The number of rotatable bonds is 1. The van der Waals surface area contributed by atoms with E-state index in [1.165, 1.54) is 5.69 Å². The number of anilines is 1. The molecule has 0 saturated carbocycles. The van der Waals surface area contributed by atoms with E-state index in [4.69, 9.17) is 9.46 Å². The summed E-state index contributed by atoms with van der Waals surface area (Å²) in [7, 11) is 3.24. The second-order valence-corrected chi connectivity index (χ2v) is 2.47. The average Bonchev–Trinajstić information content (AvgIpc) is 2.07. The molecule has 0 saturated heterocycles. The van der Waals surface area contributed by atoms with Crippen LogP contribution >= 0.6 is 8.69 Å². The molecule has 4 heteroatoms. The molecule has 0 amide bonds. The Labute approximate surface area is 73.9 Å². The Balaban J connectivity index is 0.000000354. The van der Waals surface area contributed by atoms with Crippen LogP contribution in [0.2, 0.25) is 0 Å². The van der Waals surface area contributed by atoms with E-state index in [0.29, 0.717) is 0 Å². The molecule has 0 atom stereocenters. The van der Waals surface area contributed by atoms with Crippen molar-refractivity contribution in [3.8, 4) is 0 Å². The lowest BCUT2D eigenvalue weighted by Crippen LogP contribution is -2.07. The number of hydrogen-bond donors (Lipinski definition) is 1. The van der Waals surface area contributed by atoms with E-state index in [1.54, 1.807) is 0 Å². The largest absolute Gasteiger partial charge is 0.378 e. The van der Waals surface area contributed by atoms with Crippen molar-refractivity contribution in [2.75, 3.05) is 19.0 Å². The van der Waals surface area contributed by atoms with Crippen LogP contribution in [0.15, 0.2) is 30.3 Å². The summed E-state index contributed by atoms with van der Waals surface area (Å²) < 4.78 is 8.46. The normalized spacial score (nSPS) is 8.58. The fraction of sp³-hybridized carbons (Fsp3) is 0.250. The maximum Gasteiger partial charge on any atom is 0.324 e. The van der Waals surface area contributed by atoms with Crippen LogP contribution in [0.4, 0.5) is 5.69 Å². The molecule has 0 fully saturated rings. The number of benzene rings is 1. The molecule has 0 heterocycles. The first-order valence-electron chi connectivity index (χ1n) is 3.41. The van der Waals surface area contributed by atoms with Crippen LogP contribution in [0.25, 0.3) is 0 Å². The van der Waals surface area contributed by atoms with Gasteiger partial charge in [0.25, 0.3) is 0 Å². The van der Waals surface area contributed by atoms with Crippen LogP contribution < -0.4 is 4.90 Å². The highest BCUT2D eigenvalue weighted by Crippen LogP contribution is 2.07. The molecule has 0 radical (unpaired) electrons. The highest BCUT2D eigenvalue weighted by molar-refractivity contribution is 7.16. The molecule has 0 spiro atoms. The van der Waals surface area contributed by atoms with E-state index >= 15 is 0 Å². The molecule has 3 nitrogen and oxygen atoms in total. The third kappa shape index (κ3) is 4.83. The molecule has 1 aromatic rings. The lowest BCUT2D eigenvalue weighted by molar-refractivity contribution is 0.524. The predicted octanol–water partition coefficient (Wildman–Crippen LogP) is 1.94. The molecule has 0 unspecified atom stereocenters. The predicted molar refractivity (Wildman–Crippen MR) is 50.6 cm³/mol. The molecule has 66 valence electrons. The number of para-hydroxylation sites is 1. The first-order valence-corrected chi connectivity index (χ1v) is 4.18. The van der Waals surface area contributed by atoms with E-state index in [1.807, 2.05) is 32.3 Å². The summed E-state index contributed by atoms with van der Waals surface area (Å²) in [5.41, 5.74) is 1.25. The van der Waals surface area contributed by atoms with Crippen molar-refractivity contribution in [3.63, 3.8) is 0 Å². The van der Waals surface area contributed by atoms with Crippen LogP contribution in [0.1, 0.15) is 0 Å². The van der Waals surface area contributed by atoms with Gasteiger partial charge >= 0.3 is 8.69 Å². The van der Waals surface area contributed by atoms with Gasteiger partial charge in [-0.05, 0) is 12.1 Å². The molecule has 1 N–H and O–H groups in total. The number of nitrogens with zero attached hydrogens (tertiary/aromatic N) is 1. The van der Waals surface area contributed by atoms with Crippen molar-refractivity contribution in [1.82, 2.24) is 0 Å². The summed E-state index contributed by atoms with van der Waals surface area (Å²) in [6.07, 6.45) is 0. The maximum absolute atomic E-state index is 8.46. The van der Waals surface area contributed by atoms with Gasteiger partial charge in [0.2, 0.25) is 0 Å². The molecule has 1 aromatic carbocycles. The van der Waals surface area contributed by atoms with Gasteiger partial charge in [0.05, 0.1) is 0 Å². The summed E-state index contributed by atoms with van der Waals surface area (Å²) in [6, 6.07) is 10.3. The Bertz CT molecular complexity index is 214. The molecule has 0 aliphatic rings. The lowest BCUT2D eigenvalue weighted by atomic mass is 10.3. The average molecular weight is 185 g/mol. The van der Waals surface area contributed by atoms with Crippen LogP contribution in [-0.4, -0.2) is 19.0 Å². The van der Waals surface area contributed by atoms with Crippen LogP contribution in [-0.2, 0) is 4.57 Å². The first-order chi connectivity index (χ1) is 5.72. The third-order valence-electron chi connectivity index (χ3n) is 1.27. The molecular weight excluding hydrogens is 173 g/mol. The SMILES string of the molecule is CN(C)c1ccccc1.O=PO. The van der Waals surface area contributed by atoms with Gasteiger partial charge in [-0.1, -0.05) is 18.2 Å². The standard InChI is InChI=1S/C8H11N.HO2P/c1-9(2)8-6-4-3-5-7-8;1-3-2/h3-7H,1-2H3;(H,1,2). The molecule has 12 heavy (non-hydrogen) atoms. The summed E-state index contributed by atoms with van der Waals surface area (Å²) in [5, 5.41) is 0. The smallest absolute Gasteiger partial charge is 0.324 e. The minimum atomic E-state index is -0.833. The number of hydrogen-bond acceptors (Lipinski definition) is 2. The Kier molecular flexibility index (Phi) is 6.25. The Morgan fingerprint density at radius 3 is 1.92 bits per heavy atom. The topological polar surface area (TPSA) is 40.5 Å². The second-order valence-electron chi connectivity index (χ2n) is 2.31. The van der Waals surface area contributed by atoms with Gasteiger partial charge in [-0.2, -0.15) is 0 Å². The zero-order valence-corrected chi connectivity index (χ0v) is 8.03. The molecule has 1 rings (SSSR count). The van der Waals surface area contributed by atoms with Crippen molar-refractivity contribution in [1.29, 1.82) is 0 Å². The Hall–Kier alpha value is -0.920. The molecule has 0 aliphatic heterocycles. The summed E-state index contributed by atoms with van der Waals surface area (Å²) >= 11 is 0. The molecule has 0 bridgehead atoms. The molecular formula is C8H12NO2P. The van der Waals surface area contributed by atoms with Gasteiger partial charge in [0.15, 0.2) is 0 Å². The minimum absolute atomic E-state index is 0.833. The van der Waals surface area contributed by atoms with E-state index in [2.05, 4.69) is 17.0 Å². The van der Waals surface area contributed by atoms with Crippen molar-refractivity contribution in [2.45, 2.75) is 0 Å². The van der Waals surface area contributed by atoms with Crippen molar-refractivity contribution < 1.29 is 9.46 Å². The van der Waals surface area contributed by atoms with Gasteiger partial charge in [-0.25, -0.2) is 4.57 Å². The fourth-order valence-corrected chi connectivity index (χ4v) is 0.726. The molecule has 0 aromatic heterocycles. The minimum Gasteiger partial charge on any atom is -0.378 e. The maximum atomic E-state index is 8.46. The van der Waals surface area contributed by atoms with Crippen molar-refractivity contribution in [3.05, 3.63) is 30.3 Å². The van der Waals surface area contributed by atoms with Crippen molar-refractivity contribution in [2.24, 2.45) is 0 Å². The van der Waals surface area contributed by atoms with Gasteiger partial charge in [0, 0.05) is 19.8 Å². The van der Waals surface area contributed by atoms with Crippen LogP contribution in [0, 0.1) is 0 Å². The zero-order chi connectivity index (χ0) is 9.40. The summed E-state index contributed by atoms with van der Waals surface area (Å²) in [5.74, 6) is 0. The third-order valence-corrected chi connectivity index (χ3v) is 1.27. The highest BCUT2D eigenvalue weighted by Gasteiger charge is 1.87. The van der Waals surface area contributed by atoms with Crippen molar-refractivity contribution >= 4 is 14.4 Å². The fourth-order valence-electron chi connectivity index (χ4n) is 0.726. The summed E-state index contributed by atoms with van der Waals surface area (Å²) in [6.45, 7) is 0. The van der Waals surface area contributed by atoms with Gasteiger partial charge in [-0.3, -0.25) is 0 Å². The zero-order valence-electron chi connectivity index (χ0n) is 7.14. The lowest BCUT2D eigenvalue weighted by Gasteiger charge is -2.10. The van der Waals surface area contributed by atoms with E-state index in [9.17, 15) is 0 Å². The first kappa shape index (κ1) is 11.1. The summed E-state index contributed by atoms with van der Waals surface area (Å²) in [4.78, 5) is 9.07. The Morgan fingerprint density at radius 2 is 1.67 bits per heavy atom. The van der Waals surface area contributed by atoms with E-state index in [-0.39, 0.29) is 0 Å². The van der Waals surface area contributed by atoms with Gasteiger partial charge < -0.3 is 9.79 Å².